The highest BCUT2D eigenvalue weighted by Crippen LogP contribution is 2.40. The van der Waals surface area contributed by atoms with Gasteiger partial charge in [-0.15, -0.1) is 0 Å². The number of ketones is 1. The van der Waals surface area contributed by atoms with Crippen LogP contribution in [0.25, 0.3) is 10.8 Å². The summed E-state index contributed by atoms with van der Waals surface area (Å²) in [4.78, 5) is 34.0. The maximum atomic E-state index is 13.6. The van der Waals surface area contributed by atoms with E-state index >= 15 is 0 Å². The quantitative estimate of drug-likeness (QED) is 0.0817. The van der Waals surface area contributed by atoms with Gasteiger partial charge in [0.05, 0.1) is 44.6 Å². The number of sulfonamides is 1. The Morgan fingerprint density at radius 2 is 1.48 bits per heavy atom. The molecule has 1 aliphatic heterocycles. The molecule has 1 fully saturated rings. The Balaban J connectivity index is 1.17. The Morgan fingerprint density at radius 3 is 2.11 bits per heavy atom. The largest absolute Gasteiger partial charge is 0.496 e. The molecule has 0 unspecified atom stereocenters. The van der Waals surface area contributed by atoms with Crippen LogP contribution in [0.2, 0.25) is 0 Å². The maximum Gasteiger partial charge on any atom is 0.323 e. The molecule has 2 heterocycles. The Hall–Kier alpha value is -5.86. The van der Waals surface area contributed by atoms with Gasteiger partial charge in [0.2, 0.25) is 10.0 Å². The van der Waals surface area contributed by atoms with Gasteiger partial charge in [0.1, 0.15) is 28.6 Å². The maximum absolute atomic E-state index is 13.6. The highest BCUT2D eigenvalue weighted by molar-refractivity contribution is 7.92. The van der Waals surface area contributed by atoms with Crippen molar-refractivity contribution in [2.24, 2.45) is 5.92 Å². The molecule has 0 bridgehead atoms. The lowest BCUT2D eigenvalue weighted by Crippen LogP contribution is -2.30. The third-order valence-corrected chi connectivity index (χ3v) is 11.5. The molecule has 0 spiro atoms. The van der Waals surface area contributed by atoms with Crippen LogP contribution in [0.5, 0.6) is 28.7 Å². The van der Waals surface area contributed by atoms with E-state index in [2.05, 4.69) is 32.3 Å². The third kappa shape index (κ3) is 11.5. The Labute approximate surface area is 359 Å². The van der Waals surface area contributed by atoms with E-state index in [-0.39, 0.29) is 22.6 Å². The van der Waals surface area contributed by atoms with Crippen molar-refractivity contribution in [3.05, 3.63) is 101 Å². The Bertz CT molecular complexity index is 2470. The minimum Gasteiger partial charge on any atom is -0.496 e. The smallest absolute Gasteiger partial charge is 0.323 e. The van der Waals surface area contributed by atoms with Gasteiger partial charge in [-0.3, -0.25) is 14.5 Å². The SMILES string of the molecule is COc1cc(Cc2cc(Oc3ccc(NC(=O)Nc4cc(C(C)(C)C)cc(NS(C)(=O)=O)c4OC)c4ccccc34)ccn2)cc(OC)c1C(=O)CCCC1CCN(C)CC1. The van der Waals surface area contributed by atoms with Gasteiger partial charge in [-0.05, 0) is 111 Å². The molecular formula is C47H57N5O8S. The van der Waals surface area contributed by atoms with Gasteiger partial charge < -0.3 is 34.5 Å². The van der Waals surface area contributed by atoms with Crippen molar-refractivity contribution in [3.8, 4) is 28.7 Å². The first-order valence-corrected chi connectivity index (χ1v) is 22.3. The minimum absolute atomic E-state index is 0.0139. The summed E-state index contributed by atoms with van der Waals surface area (Å²) in [5.74, 6) is 2.94. The van der Waals surface area contributed by atoms with E-state index in [9.17, 15) is 18.0 Å². The molecule has 61 heavy (non-hydrogen) atoms. The number of fused-ring (bicyclic) bond motifs is 1. The Morgan fingerprint density at radius 1 is 0.820 bits per heavy atom. The van der Waals surface area contributed by atoms with Crippen LogP contribution < -0.4 is 34.3 Å². The molecule has 3 N–H and O–H groups in total. The number of hydrogen-bond donors (Lipinski definition) is 3. The summed E-state index contributed by atoms with van der Waals surface area (Å²) in [6.45, 7) is 8.19. The molecule has 1 saturated heterocycles. The second-order valence-corrected chi connectivity index (χ2v) is 18.4. The number of likely N-dealkylation sites (tertiary alicyclic amines) is 1. The van der Waals surface area contributed by atoms with E-state index in [1.165, 1.54) is 20.0 Å². The number of methoxy groups -OCH3 is 3. The fraction of sp³-hybridized carbons (Fsp3) is 0.383. The topological polar surface area (TPSA) is 157 Å². The molecule has 5 aromatic rings. The fourth-order valence-electron chi connectivity index (χ4n) is 7.72. The number of pyridine rings is 1. The second kappa shape index (κ2) is 19.2. The zero-order valence-corrected chi connectivity index (χ0v) is 37.1. The summed E-state index contributed by atoms with van der Waals surface area (Å²) < 4.78 is 50.4. The molecule has 0 aliphatic carbocycles. The van der Waals surface area contributed by atoms with Crippen LogP contribution in [-0.2, 0) is 21.9 Å². The van der Waals surface area contributed by atoms with Crippen molar-refractivity contribution >= 4 is 49.7 Å². The third-order valence-electron chi connectivity index (χ3n) is 10.9. The van der Waals surface area contributed by atoms with Gasteiger partial charge in [-0.2, -0.15) is 0 Å². The molecule has 324 valence electrons. The van der Waals surface area contributed by atoms with Crippen molar-refractivity contribution in [2.75, 3.05) is 63.1 Å². The summed E-state index contributed by atoms with van der Waals surface area (Å²) in [7, 11) is 3.06. The van der Waals surface area contributed by atoms with Crippen molar-refractivity contribution in [3.63, 3.8) is 0 Å². The molecule has 1 aromatic heterocycles. The first-order valence-electron chi connectivity index (χ1n) is 20.4. The van der Waals surface area contributed by atoms with Gasteiger partial charge in [-0.25, -0.2) is 13.2 Å². The van der Waals surface area contributed by atoms with E-state index < -0.39 is 16.1 Å². The molecular weight excluding hydrogens is 795 g/mol. The molecule has 6 rings (SSSR count). The van der Waals surface area contributed by atoms with Crippen molar-refractivity contribution < 1.29 is 37.0 Å². The number of hydrogen-bond acceptors (Lipinski definition) is 10. The molecule has 0 saturated carbocycles. The van der Waals surface area contributed by atoms with Crippen LogP contribution in [0.1, 0.15) is 80.1 Å². The van der Waals surface area contributed by atoms with E-state index in [1.807, 2.05) is 63.2 Å². The molecule has 0 radical (unpaired) electrons. The predicted octanol–water partition coefficient (Wildman–Crippen LogP) is 9.65. The van der Waals surface area contributed by atoms with Gasteiger partial charge in [0.15, 0.2) is 11.5 Å². The van der Waals surface area contributed by atoms with Crippen LogP contribution >= 0.6 is 0 Å². The normalized spacial score (nSPS) is 13.7. The zero-order chi connectivity index (χ0) is 43.9. The molecule has 13 nitrogen and oxygen atoms in total. The lowest BCUT2D eigenvalue weighted by atomic mass is 9.86. The number of rotatable bonds is 16. The minimum atomic E-state index is -3.64. The lowest BCUT2D eigenvalue weighted by Gasteiger charge is -2.28. The van der Waals surface area contributed by atoms with E-state index in [1.54, 1.807) is 50.7 Å². The summed E-state index contributed by atoms with van der Waals surface area (Å²) in [6, 6.07) is 21.4. The van der Waals surface area contributed by atoms with Crippen molar-refractivity contribution in [2.45, 2.75) is 64.7 Å². The van der Waals surface area contributed by atoms with Crippen LogP contribution in [0.3, 0.4) is 0 Å². The van der Waals surface area contributed by atoms with Gasteiger partial charge in [0, 0.05) is 41.6 Å². The van der Waals surface area contributed by atoms with Gasteiger partial charge in [0.25, 0.3) is 0 Å². The fourth-order valence-corrected chi connectivity index (χ4v) is 8.27. The number of ether oxygens (including phenoxy) is 4. The number of carbonyl (C=O) groups excluding carboxylic acids is 2. The number of carbonyl (C=O) groups is 2. The van der Waals surface area contributed by atoms with E-state index in [0.717, 1.165) is 59.8 Å². The predicted molar refractivity (Wildman–Crippen MR) is 242 cm³/mol. The number of nitrogens with one attached hydrogen (secondary N) is 3. The van der Waals surface area contributed by atoms with E-state index in [4.69, 9.17) is 18.9 Å². The van der Waals surface area contributed by atoms with E-state index in [0.29, 0.717) is 58.7 Å². The van der Waals surface area contributed by atoms with Crippen molar-refractivity contribution in [1.29, 1.82) is 0 Å². The van der Waals surface area contributed by atoms with Gasteiger partial charge >= 0.3 is 6.03 Å². The second-order valence-electron chi connectivity index (χ2n) is 16.7. The number of aromatic nitrogens is 1. The molecule has 14 heteroatoms. The molecule has 0 atom stereocenters. The number of amides is 2. The summed E-state index contributed by atoms with van der Waals surface area (Å²) >= 11 is 0. The number of benzene rings is 4. The standard InChI is InChI=1S/C47H57N5O8S/c1-47(2,3)32-27-38(45(59-7)39(28-32)51-61(8,55)56)50-46(54)49-37-16-17-41(36-14-10-9-13-35(36)37)60-34-18-21-48-33(29-34)24-31-25-42(57-5)44(43(26-31)58-6)40(53)15-11-12-30-19-22-52(4)23-20-30/h9-10,13-14,16-18,21,25-30,51H,11-12,15,19-20,22-24H2,1-8H3,(H2,49,50,54). The summed E-state index contributed by atoms with van der Waals surface area (Å²) in [6.07, 6.45) is 7.84. The van der Waals surface area contributed by atoms with Crippen molar-refractivity contribution in [1.82, 2.24) is 9.88 Å². The summed E-state index contributed by atoms with van der Waals surface area (Å²) in [5, 5.41) is 7.28. The highest BCUT2D eigenvalue weighted by atomic mass is 32.2. The van der Waals surface area contributed by atoms with Gasteiger partial charge in [-0.1, -0.05) is 45.0 Å². The number of nitrogens with zero attached hydrogens (tertiary/aromatic N) is 2. The molecule has 1 aliphatic rings. The van der Waals surface area contributed by atoms with Crippen LogP contribution in [-0.4, -0.2) is 77.8 Å². The van der Waals surface area contributed by atoms with Crippen LogP contribution in [0.4, 0.5) is 21.9 Å². The average molecular weight is 852 g/mol. The Kier molecular flexibility index (Phi) is 14.1. The molecule has 4 aromatic carbocycles. The number of urea groups is 1. The number of piperidine rings is 1. The average Bonchev–Trinajstić information content (AvgIpc) is 3.21. The summed E-state index contributed by atoms with van der Waals surface area (Å²) in [5.41, 5.74) is 3.53. The highest BCUT2D eigenvalue weighted by Gasteiger charge is 2.24. The molecule has 2 amide bonds. The zero-order valence-electron chi connectivity index (χ0n) is 36.3. The van der Waals surface area contributed by atoms with Crippen LogP contribution in [0, 0.1) is 5.92 Å². The lowest BCUT2D eigenvalue weighted by molar-refractivity contribution is 0.0969. The first kappa shape index (κ1) is 44.7. The first-order chi connectivity index (χ1) is 29.0. The number of Topliss-reactive ketones (excluding diaryl/α,β-unsaturated/α-hetero) is 1. The monoisotopic (exact) mass is 851 g/mol. The number of anilines is 3. The van der Waals surface area contributed by atoms with Crippen LogP contribution in [0.15, 0.2) is 79.0 Å².